The normalized spacial score (nSPS) is 11.7. The zero-order valence-corrected chi connectivity index (χ0v) is 10.5. The quantitative estimate of drug-likeness (QED) is 0.936. The highest BCUT2D eigenvalue weighted by Gasteiger charge is 2.36. The van der Waals surface area contributed by atoms with Crippen molar-refractivity contribution >= 4 is 17.3 Å². The molecule has 0 saturated carbocycles. The predicted octanol–water partition coefficient (Wildman–Crippen LogP) is 3.51. The standard InChI is InChI=1S/C12H10F3NO2S/c13-12(14,15)10-6-16(5-9(10)11(17)18)3-1-8-2-4-19-7-8/h2,4-7H,1,3H2,(H,17,18). The predicted molar refractivity (Wildman–Crippen MR) is 64.4 cm³/mol. The molecular weight excluding hydrogens is 279 g/mol. The number of aryl methyl sites for hydroxylation is 2. The molecule has 0 aliphatic heterocycles. The number of hydrogen-bond acceptors (Lipinski definition) is 2. The number of aromatic carboxylic acids is 1. The smallest absolute Gasteiger partial charge is 0.418 e. The number of halogens is 3. The molecule has 2 aromatic rings. The molecule has 0 atom stereocenters. The lowest BCUT2D eigenvalue weighted by atomic mass is 10.2. The maximum atomic E-state index is 12.7. The van der Waals surface area contributed by atoms with Gasteiger partial charge in [0.05, 0.1) is 11.1 Å². The van der Waals surface area contributed by atoms with E-state index < -0.39 is 23.3 Å². The molecular formula is C12H10F3NO2S. The van der Waals surface area contributed by atoms with E-state index in [1.165, 1.54) is 15.9 Å². The Morgan fingerprint density at radius 1 is 1.37 bits per heavy atom. The largest absolute Gasteiger partial charge is 0.478 e. The van der Waals surface area contributed by atoms with Crippen LogP contribution in [-0.2, 0) is 19.1 Å². The van der Waals surface area contributed by atoms with Crippen LogP contribution in [0.2, 0.25) is 0 Å². The summed E-state index contributed by atoms with van der Waals surface area (Å²) >= 11 is 1.51. The van der Waals surface area contributed by atoms with E-state index in [9.17, 15) is 18.0 Å². The Balaban J connectivity index is 2.20. The number of rotatable bonds is 4. The van der Waals surface area contributed by atoms with Crippen molar-refractivity contribution in [1.29, 1.82) is 0 Å². The van der Waals surface area contributed by atoms with Gasteiger partial charge in [-0.3, -0.25) is 0 Å². The van der Waals surface area contributed by atoms with E-state index in [0.29, 0.717) is 13.0 Å². The number of hydrogen-bond donors (Lipinski definition) is 1. The molecule has 0 unspecified atom stereocenters. The maximum Gasteiger partial charge on any atom is 0.418 e. The monoisotopic (exact) mass is 289 g/mol. The third-order valence-electron chi connectivity index (χ3n) is 2.65. The minimum Gasteiger partial charge on any atom is -0.478 e. The SMILES string of the molecule is O=C(O)c1cn(CCc2ccsc2)cc1C(F)(F)F. The van der Waals surface area contributed by atoms with Crippen LogP contribution in [0, 0.1) is 0 Å². The van der Waals surface area contributed by atoms with Crippen LogP contribution in [0.25, 0.3) is 0 Å². The van der Waals surface area contributed by atoms with Crippen LogP contribution >= 0.6 is 11.3 Å². The Morgan fingerprint density at radius 2 is 2.11 bits per heavy atom. The molecule has 2 rings (SSSR count). The van der Waals surface area contributed by atoms with Crippen LogP contribution in [0.4, 0.5) is 13.2 Å². The highest BCUT2D eigenvalue weighted by atomic mass is 32.1. The van der Waals surface area contributed by atoms with Gasteiger partial charge in [-0.25, -0.2) is 4.79 Å². The van der Waals surface area contributed by atoms with Crippen LogP contribution in [0.15, 0.2) is 29.2 Å². The number of carboxylic acids is 1. The summed E-state index contributed by atoms with van der Waals surface area (Å²) in [6.45, 7) is 0.313. The van der Waals surface area contributed by atoms with Crippen LogP contribution in [0.3, 0.4) is 0 Å². The van der Waals surface area contributed by atoms with Crippen LogP contribution < -0.4 is 0 Å². The molecule has 7 heteroatoms. The fraction of sp³-hybridized carbons (Fsp3) is 0.250. The summed E-state index contributed by atoms with van der Waals surface area (Å²) in [5.74, 6) is -1.57. The molecule has 2 heterocycles. The minimum atomic E-state index is -4.65. The Kier molecular flexibility index (Phi) is 3.66. The first-order valence-electron chi connectivity index (χ1n) is 5.39. The van der Waals surface area contributed by atoms with Crippen molar-refractivity contribution in [3.8, 4) is 0 Å². The average Bonchev–Trinajstić information content (AvgIpc) is 2.94. The van der Waals surface area contributed by atoms with Gasteiger partial charge < -0.3 is 9.67 Å². The van der Waals surface area contributed by atoms with Gasteiger partial charge in [0.15, 0.2) is 0 Å². The summed E-state index contributed by atoms with van der Waals surface area (Å²) in [6.07, 6.45) is -2.22. The lowest BCUT2D eigenvalue weighted by Gasteiger charge is -2.04. The molecule has 0 fully saturated rings. The second-order valence-electron chi connectivity index (χ2n) is 4.01. The minimum absolute atomic E-state index is 0.313. The van der Waals surface area contributed by atoms with Crippen molar-refractivity contribution in [2.75, 3.05) is 0 Å². The molecule has 1 N–H and O–H groups in total. The zero-order valence-electron chi connectivity index (χ0n) is 9.65. The summed E-state index contributed by atoms with van der Waals surface area (Å²) in [6, 6.07) is 1.89. The number of alkyl halides is 3. The molecule has 0 radical (unpaired) electrons. The summed E-state index contributed by atoms with van der Waals surface area (Å²) < 4.78 is 39.2. The Morgan fingerprint density at radius 3 is 2.58 bits per heavy atom. The summed E-state index contributed by atoms with van der Waals surface area (Å²) in [5, 5.41) is 12.6. The highest BCUT2D eigenvalue weighted by molar-refractivity contribution is 7.07. The third-order valence-corrected chi connectivity index (χ3v) is 3.39. The molecule has 0 aliphatic carbocycles. The molecule has 0 saturated heterocycles. The maximum absolute atomic E-state index is 12.7. The van der Waals surface area contributed by atoms with Gasteiger partial charge in [0.1, 0.15) is 0 Å². The fourth-order valence-corrected chi connectivity index (χ4v) is 2.43. The summed E-state index contributed by atoms with van der Waals surface area (Å²) in [5.41, 5.74) is -0.799. The molecule has 2 aromatic heterocycles. The molecule has 19 heavy (non-hydrogen) atoms. The molecule has 102 valence electrons. The van der Waals surface area contributed by atoms with Gasteiger partial charge in [-0.1, -0.05) is 0 Å². The van der Waals surface area contributed by atoms with Gasteiger partial charge in [0, 0.05) is 18.9 Å². The van der Waals surface area contributed by atoms with Gasteiger partial charge in [0.2, 0.25) is 0 Å². The lowest BCUT2D eigenvalue weighted by molar-refractivity contribution is -0.138. The number of carboxylic acid groups (broad SMARTS) is 1. The van der Waals surface area contributed by atoms with E-state index in [1.54, 1.807) is 0 Å². The molecule has 0 bridgehead atoms. The van der Waals surface area contributed by atoms with Crippen molar-refractivity contribution in [3.63, 3.8) is 0 Å². The molecule has 0 amide bonds. The van der Waals surface area contributed by atoms with Crippen LogP contribution in [0.1, 0.15) is 21.5 Å². The molecule has 0 spiro atoms. The topological polar surface area (TPSA) is 42.2 Å². The molecule has 0 aliphatic rings. The van der Waals surface area contributed by atoms with Crippen LogP contribution in [0.5, 0.6) is 0 Å². The van der Waals surface area contributed by atoms with Crippen LogP contribution in [-0.4, -0.2) is 15.6 Å². The first kappa shape index (κ1) is 13.7. The number of carbonyl (C=O) groups is 1. The zero-order chi connectivity index (χ0) is 14.0. The Bertz CT molecular complexity index is 572. The van der Waals surface area contributed by atoms with Gasteiger partial charge in [-0.15, -0.1) is 0 Å². The Labute approximate surface area is 110 Å². The second-order valence-corrected chi connectivity index (χ2v) is 4.79. The van der Waals surface area contributed by atoms with E-state index in [-0.39, 0.29) is 0 Å². The van der Waals surface area contributed by atoms with Gasteiger partial charge in [-0.05, 0) is 28.8 Å². The highest BCUT2D eigenvalue weighted by Crippen LogP contribution is 2.32. The van der Waals surface area contributed by atoms with Gasteiger partial charge in [-0.2, -0.15) is 24.5 Å². The first-order chi connectivity index (χ1) is 8.88. The van der Waals surface area contributed by atoms with Crippen molar-refractivity contribution in [2.45, 2.75) is 19.1 Å². The van der Waals surface area contributed by atoms with E-state index in [1.807, 2.05) is 16.8 Å². The summed E-state index contributed by atoms with van der Waals surface area (Å²) in [4.78, 5) is 10.8. The number of aromatic nitrogens is 1. The molecule has 3 nitrogen and oxygen atoms in total. The third kappa shape index (κ3) is 3.17. The van der Waals surface area contributed by atoms with E-state index in [2.05, 4.69) is 0 Å². The fourth-order valence-electron chi connectivity index (χ4n) is 1.73. The van der Waals surface area contributed by atoms with Gasteiger partial charge >= 0.3 is 12.1 Å². The van der Waals surface area contributed by atoms with Crippen molar-refractivity contribution < 1.29 is 23.1 Å². The van der Waals surface area contributed by atoms with Crippen molar-refractivity contribution in [2.24, 2.45) is 0 Å². The van der Waals surface area contributed by atoms with E-state index >= 15 is 0 Å². The number of nitrogens with zero attached hydrogens (tertiary/aromatic N) is 1. The second kappa shape index (κ2) is 5.08. The van der Waals surface area contributed by atoms with Crippen molar-refractivity contribution in [1.82, 2.24) is 4.57 Å². The van der Waals surface area contributed by atoms with E-state index in [4.69, 9.17) is 5.11 Å². The van der Waals surface area contributed by atoms with Gasteiger partial charge in [0.25, 0.3) is 0 Å². The Hall–Kier alpha value is -1.76. The van der Waals surface area contributed by atoms with Crippen molar-refractivity contribution in [3.05, 3.63) is 45.9 Å². The summed E-state index contributed by atoms with van der Waals surface area (Å²) in [7, 11) is 0. The molecule has 0 aromatic carbocycles. The average molecular weight is 289 g/mol. The first-order valence-corrected chi connectivity index (χ1v) is 6.33. The number of thiophene rings is 1. The lowest BCUT2D eigenvalue weighted by Crippen LogP contribution is -2.09. The van der Waals surface area contributed by atoms with E-state index in [0.717, 1.165) is 18.0 Å².